The quantitative estimate of drug-likeness (QED) is 0.828. The first kappa shape index (κ1) is 17.2. The molecule has 1 aliphatic heterocycles. The molecule has 2 fully saturated rings. The minimum Gasteiger partial charge on any atom is -0.352 e. The van der Waals surface area contributed by atoms with Gasteiger partial charge in [-0.25, -0.2) is 4.98 Å². The summed E-state index contributed by atoms with van der Waals surface area (Å²) >= 11 is 0. The van der Waals surface area contributed by atoms with Gasteiger partial charge in [-0.1, -0.05) is 0 Å². The average molecular weight is 357 g/mol. The highest BCUT2D eigenvalue weighted by Crippen LogP contribution is 2.27. The number of piperidine rings is 1. The first-order valence-electron chi connectivity index (χ1n) is 9.48. The zero-order valence-corrected chi connectivity index (χ0v) is 15.6. The standard InChI is InChI=1S/C18H27N7O/c1-13-19-7-10-25(13)11-16-21-22-18(23(16)2)14-5-8-24(9-6-14)12-17(26)20-15-3-4-15/h7,10,14-15H,3-6,8-9,11-12H2,1-2H3,(H,20,26). The van der Waals surface area contributed by atoms with Gasteiger partial charge in [-0.15, -0.1) is 10.2 Å². The van der Waals surface area contributed by atoms with Crippen LogP contribution >= 0.6 is 0 Å². The number of aromatic nitrogens is 5. The second-order valence-corrected chi connectivity index (χ2v) is 7.53. The van der Waals surface area contributed by atoms with Crippen molar-refractivity contribution in [1.82, 2.24) is 34.5 Å². The van der Waals surface area contributed by atoms with Crippen LogP contribution in [0.4, 0.5) is 0 Å². The van der Waals surface area contributed by atoms with Gasteiger partial charge in [-0.05, 0) is 45.7 Å². The van der Waals surface area contributed by atoms with Gasteiger partial charge in [0.25, 0.3) is 0 Å². The first-order valence-corrected chi connectivity index (χ1v) is 9.48. The zero-order chi connectivity index (χ0) is 18.1. The summed E-state index contributed by atoms with van der Waals surface area (Å²) in [7, 11) is 2.05. The van der Waals surface area contributed by atoms with Crippen molar-refractivity contribution >= 4 is 5.91 Å². The Morgan fingerprint density at radius 2 is 2.00 bits per heavy atom. The molecule has 1 N–H and O–H groups in total. The van der Waals surface area contributed by atoms with Gasteiger partial charge in [0.1, 0.15) is 11.6 Å². The van der Waals surface area contributed by atoms with E-state index >= 15 is 0 Å². The monoisotopic (exact) mass is 357 g/mol. The Balaban J connectivity index is 1.32. The van der Waals surface area contributed by atoms with Gasteiger partial charge in [0.05, 0.1) is 13.1 Å². The molecule has 4 rings (SSSR count). The maximum absolute atomic E-state index is 12.0. The maximum atomic E-state index is 12.0. The molecular formula is C18H27N7O. The fourth-order valence-electron chi connectivity index (χ4n) is 3.65. The van der Waals surface area contributed by atoms with Crippen LogP contribution in [-0.4, -0.2) is 60.8 Å². The molecule has 0 bridgehead atoms. The molecule has 2 aromatic rings. The minimum atomic E-state index is 0.169. The first-order chi connectivity index (χ1) is 12.6. The summed E-state index contributed by atoms with van der Waals surface area (Å²) in [6.45, 7) is 5.08. The van der Waals surface area contributed by atoms with E-state index in [4.69, 9.17) is 0 Å². The topological polar surface area (TPSA) is 80.9 Å². The summed E-state index contributed by atoms with van der Waals surface area (Å²) < 4.78 is 4.20. The van der Waals surface area contributed by atoms with E-state index in [1.165, 1.54) is 0 Å². The van der Waals surface area contributed by atoms with E-state index in [-0.39, 0.29) is 5.91 Å². The van der Waals surface area contributed by atoms with Crippen molar-refractivity contribution in [1.29, 1.82) is 0 Å². The molecule has 0 radical (unpaired) electrons. The molecule has 26 heavy (non-hydrogen) atoms. The molecule has 8 heteroatoms. The zero-order valence-electron chi connectivity index (χ0n) is 15.6. The van der Waals surface area contributed by atoms with Crippen LogP contribution in [0, 0.1) is 6.92 Å². The van der Waals surface area contributed by atoms with Crippen molar-refractivity contribution in [3.05, 3.63) is 29.9 Å². The lowest BCUT2D eigenvalue weighted by molar-refractivity contribution is -0.122. The molecule has 0 unspecified atom stereocenters. The molecule has 1 saturated heterocycles. The van der Waals surface area contributed by atoms with Gasteiger partial charge >= 0.3 is 0 Å². The second-order valence-electron chi connectivity index (χ2n) is 7.53. The number of aryl methyl sites for hydroxylation is 1. The van der Waals surface area contributed by atoms with Gasteiger partial charge in [0, 0.05) is 31.4 Å². The lowest BCUT2D eigenvalue weighted by Gasteiger charge is -2.30. The molecule has 8 nitrogen and oxygen atoms in total. The van der Waals surface area contributed by atoms with Gasteiger partial charge < -0.3 is 14.5 Å². The highest BCUT2D eigenvalue weighted by molar-refractivity contribution is 5.78. The number of carbonyl (C=O) groups is 1. The van der Waals surface area contributed by atoms with Gasteiger partial charge in [0.2, 0.25) is 5.91 Å². The van der Waals surface area contributed by atoms with E-state index in [1.807, 2.05) is 26.4 Å². The summed E-state index contributed by atoms with van der Waals surface area (Å²) in [5.74, 6) is 3.56. The van der Waals surface area contributed by atoms with Crippen molar-refractivity contribution in [3.8, 4) is 0 Å². The Bertz CT molecular complexity index is 768. The van der Waals surface area contributed by atoms with Crippen molar-refractivity contribution < 1.29 is 4.79 Å². The van der Waals surface area contributed by atoms with E-state index in [0.717, 1.165) is 56.2 Å². The average Bonchev–Trinajstić information content (AvgIpc) is 3.23. The Kier molecular flexibility index (Phi) is 4.76. The highest BCUT2D eigenvalue weighted by Gasteiger charge is 2.28. The molecule has 2 aromatic heterocycles. The highest BCUT2D eigenvalue weighted by atomic mass is 16.2. The van der Waals surface area contributed by atoms with Crippen LogP contribution in [0.2, 0.25) is 0 Å². The lowest BCUT2D eigenvalue weighted by Crippen LogP contribution is -2.42. The number of nitrogens with zero attached hydrogens (tertiary/aromatic N) is 6. The molecule has 3 heterocycles. The minimum absolute atomic E-state index is 0.169. The molecule has 2 aliphatic rings. The molecular weight excluding hydrogens is 330 g/mol. The van der Waals surface area contributed by atoms with Crippen molar-refractivity contribution in [3.63, 3.8) is 0 Å². The number of likely N-dealkylation sites (tertiary alicyclic amines) is 1. The maximum Gasteiger partial charge on any atom is 0.234 e. The third kappa shape index (κ3) is 3.80. The number of amides is 1. The predicted octanol–water partition coefficient (Wildman–Crippen LogP) is 0.826. The molecule has 140 valence electrons. The predicted molar refractivity (Wildman–Crippen MR) is 96.6 cm³/mol. The number of rotatable bonds is 6. The molecule has 0 aromatic carbocycles. The van der Waals surface area contributed by atoms with Crippen LogP contribution in [0.15, 0.2) is 12.4 Å². The van der Waals surface area contributed by atoms with Crippen molar-refractivity contribution in [2.45, 2.75) is 51.1 Å². The van der Waals surface area contributed by atoms with Crippen LogP contribution in [-0.2, 0) is 18.4 Å². The van der Waals surface area contributed by atoms with Crippen LogP contribution < -0.4 is 5.32 Å². The van der Waals surface area contributed by atoms with Gasteiger partial charge in [0.15, 0.2) is 5.82 Å². The summed E-state index contributed by atoms with van der Waals surface area (Å²) in [5, 5.41) is 11.9. The normalized spacial score (nSPS) is 19.0. The third-order valence-corrected chi connectivity index (χ3v) is 5.50. The summed E-state index contributed by atoms with van der Waals surface area (Å²) in [6.07, 6.45) is 8.10. The smallest absolute Gasteiger partial charge is 0.234 e. The van der Waals surface area contributed by atoms with Gasteiger partial charge in [-0.3, -0.25) is 9.69 Å². The number of hydrogen-bond acceptors (Lipinski definition) is 5. The number of nitrogens with one attached hydrogen (secondary N) is 1. The molecule has 1 saturated carbocycles. The third-order valence-electron chi connectivity index (χ3n) is 5.50. The van der Waals surface area contributed by atoms with E-state index in [9.17, 15) is 4.79 Å². The lowest BCUT2D eigenvalue weighted by atomic mass is 9.96. The Hall–Kier alpha value is -2.22. The Morgan fingerprint density at radius 1 is 1.23 bits per heavy atom. The second kappa shape index (κ2) is 7.19. The van der Waals surface area contributed by atoms with E-state index < -0.39 is 0 Å². The number of carbonyl (C=O) groups excluding carboxylic acids is 1. The summed E-state index contributed by atoms with van der Waals surface area (Å²) in [5.41, 5.74) is 0. The largest absolute Gasteiger partial charge is 0.352 e. The van der Waals surface area contributed by atoms with Crippen LogP contribution in [0.5, 0.6) is 0 Å². The van der Waals surface area contributed by atoms with Crippen LogP contribution in [0.3, 0.4) is 0 Å². The van der Waals surface area contributed by atoms with E-state index in [0.29, 0.717) is 25.0 Å². The Labute approximate surface area is 153 Å². The van der Waals surface area contributed by atoms with Crippen molar-refractivity contribution in [2.75, 3.05) is 19.6 Å². The Morgan fingerprint density at radius 3 is 2.65 bits per heavy atom. The number of imidazole rings is 1. The van der Waals surface area contributed by atoms with E-state index in [1.54, 1.807) is 0 Å². The fraction of sp³-hybridized carbons (Fsp3) is 0.667. The van der Waals surface area contributed by atoms with E-state index in [2.05, 4.69) is 34.5 Å². The molecule has 1 aliphatic carbocycles. The molecule has 1 amide bonds. The fourth-order valence-corrected chi connectivity index (χ4v) is 3.65. The molecule has 0 spiro atoms. The summed E-state index contributed by atoms with van der Waals surface area (Å²) in [4.78, 5) is 18.5. The van der Waals surface area contributed by atoms with Crippen LogP contribution in [0.1, 0.15) is 49.1 Å². The molecule has 0 atom stereocenters. The van der Waals surface area contributed by atoms with Crippen LogP contribution in [0.25, 0.3) is 0 Å². The SMILES string of the molecule is Cc1nccn1Cc1nnc(C2CCN(CC(=O)NC3CC3)CC2)n1C. The summed E-state index contributed by atoms with van der Waals surface area (Å²) in [6, 6.07) is 0.441. The van der Waals surface area contributed by atoms with Crippen molar-refractivity contribution in [2.24, 2.45) is 7.05 Å². The number of hydrogen-bond donors (Lipinski definition) is 1. The van der Waals surface area contributed by atoms with Gasteiger partial charge in [-0.2, -0.15) is 0 Å².